The summed E-state index contributed by atoms with van der Waals surface area (Å²) in [5.74, 6) is -0.789. The van der Waals surface area contributed by atoms with Crippen LogP contribution in [0.15, 0.2) is 24.3 Å². The predicted molar refractivity (Wildman–Crippen MR) is 96.6 cm³/mol. The Hall–Kier alpha value is -2.57. The number of anilines is 1. The van der Waals surface area contributed by atoms with E-state index >= 15 is 0 Å². The smallest absolute Gasteiger partial charge is 0.321 e. The molecule has 7 heteroatoms. The second-order valence-corrected chi connectivity index (χ2v) is 7.54. The fourth-order valence-corrected chi connectivity index (χ4v) is 3.29. The van der Waals surface area contributed by atoms with Crippen LogP contribution in [0.4, 0.5) is 10.5 Å². The zero-order valence-corrected chi connectivity index (χ0v) is 15.2. The van der Waals surface area contributed by atoms with Crippen molar-refractivity contribution in [3.63, 3.8) is 0 Å². The number of rotatable bonds is 5. The maximum Gasteiger partial charge on any atom is 0.321 e. The minimum Gasteiger partial charge on any atom is -0.481 e. The molecule has 1 atom stereocenters. The van der Waals surface area contributed by atoms with Crippen molar-refractivity contribution in [2.24, 2.45) is 5.41 Å². The van der Waals surface area contributed by atoms with Crippen molar-refractivity contribution in [3.05, 3.63) is 29.8 Å². The molecule has 3 amide bonds. The van der Waals surface area contributed by atoms with E-state index in [1.165, 1.54) is 4.90 Å². The van der Waals surface area contributed by atoms with Gasteiger partial charge in [-0.05, 0) is 43.9 Å². The number of carbonyl (C=O) groups excluding carboxylic acids is 2. The van der Waals surface area contributed by atoms with Gasteiger partial charge in [0.05, 0.1) is 5.41 Å². The van der Waals surface area contributed by atoms with Gasteiger partial charge in [0.25, 0.3) is 0 Å². The highest BCUT2D eigenvalue weighted by Crippen LogP contribution is 2.31. The third-order valence-corrected chi connectivity index (χ3v) is 5.23. The average molecular weight is 359 g/mol. The van der Waals surface area contributed by atoms with E-state index < -0.39 is 11.4 Å². The molecular formula is C19H25N3O4. The first kappa shape index (κ1) is 18.2. The number of hydrogen-bond donors (Lipinski definition) is 2. The van der Waals surface area contributed by atoms with Crippen LogP contribution in [-0.2, 0) is 16.1 Å². The van der Waals surface area contributed by atoms with Gasteiger partial charge in [-0.15, -0.1) is 0 Å². The van der Waals surface area contributed by atoms with Gasteiger partial charge in [-0.2, -0.15) is 0 Å². The van der Waals surface area contributed by atoms with E-state index in [9.17, 15) is 19.5 Å². The van der Waals surface area contributed by atoms with E-state index in [-0.39, 0.29) is 18.5 Å². The van der Waals surface area contributed by atoms with Crippen LogP contribution in [0, 0.1) is 5.41 Å². The molecule has 1 unspecified atom stereocenters. The highest BCUT2D eigenvalue weighted by molar-refractivity contribution is 5.90. The summed E-state index contributed by atoms with van der Waals surface area (Å²) in [6, 6.07) is 7.51. The Morgan fingerprint density at radius 2 is 1.92 bits per heavy atom. The second-order valence-electron chi connectivity index (χ2n) is 7.54. The zero-order chi connectivity index (χ0) is 18.9. The minimum atomic E-state index is -0.875. The summed E-state index contributed by atoms with van der Waals surface area (Å²) in [4.78, 5) is 38.8. The molecule has 0 aromatic heterocycles. The molecule has 0 spiro atoms. The fourth-order valence-electron chi connectivity index (χ4n) is 3.29. The number of carboxylic acids is 1. The van der Waals surface area contributed by atoms with Crippen molar-refractivity contribution >= 4 is 23.6 Å². The van der Waals surface area contributed by atoms with Gasteiger partial charge in [0.1, 0.15) is 0 Å². The summed E-state index contributed by atoms with van der Waals surface area (Å²) in [7, 11) is 0. The fraction of sp³-hybridized carbons (Fsp3) is 0.526. The summed E-state index contributed by atoms with van der Waals surface area (Å²) < 4.78 is 0. The number of benzene rings is 1. The molecule has 7 nitrogen and oxygen atoms in total. The normalized spacial score (nSPS) is 22.2. The molecule has 1 saturated heterocycles. The Morgan fingerprint density at radius 1 is 1.27 bits per heavy atom. The monoisotopic (exact) mass is 359 g/mol. The van der Waals surface area contributed by atoms with Gasteiger partial charge in [-0.1, -0.05) is 12.1 Å². The van der Waals surface area contributed by atoms with Gasteiger partial charge in [-0.25, -0.2) is 4.79 Å². The molecular weight excluding hydrogens is 334 g/mol. The van der Waals surface area contributed by atoms with Crippen LogP contribution in [-0.4, -0.2) is 51.9 Å². The standard InChI is InChI=1S/C19H25N3O4/c1-13(23)22(16-7-8-16)11-14-3-5-15(6-4-14)20-18(26)21-10-9-19(2,12-21)17(24)25/h3-6,16H,7-12H2,1-2H3,(H,20,26)(H,24,25). The van der Waals surface area contributed by atoms with Crippen molar-refractivity contribution in [3.8, 4) is 0 Å². The molecule has 140 valence electrons. The molecule has 1 aliphatic heterocycles. The molecule has 1 aliphatic carbocycles. The molecule has 1 aromatic rings. The van der Waals surface area contributed by atoms with Crippen LogP contribution in [0.25, 0.3) is 0 Å². The van der Waals surface area contributed by atoms with E-state index in [2.05, 4.69) is 5.32 Å². The van der Waals surface area contributed by atoms with Crippen LogP contribution in [0.5, 0.6) is 0 Å². The Kier molecular flexibility index (Phi) is 4.89. The molecule has 3 rings (SSSR count). The van der Waals surface area contributed by atoms with Crippen molar-refractivity contribution in [1.82, 2.24) is 9.80 Å². The summed E-state index contributed by atoms with van der Waals surface area (Å²) >= 11 is 0. The van der Waals surface area contributed by atoms with Gasteiger partial charge in [0.15, 0.2) is 0 Å². The topological polar surface area (TPSA) is 90.0 Å². The van der Waals surface area contributed by atoms with Crippen LogP contribution in [0.3, 0.4) is 0 Å². The number of urea groups is 1. The van der Waals surface area contributed by atoms with E-state index in [1.54, 1.807) is 13.8 Å². The summed E-state index contributed by atoms with van der Waals surface area (Å²) in [5.41, 5.74) is 0.799. The van der Waals surface area contributed by atoms with Gasteiger partial charge in [0, 0.05) is 38.3 Å². The highest BCUT2D eigenvalue weighted by atomic mass is 16.4. The number of aliphatic carboxylic acids is 1. The van der Waals surface area contributed by atoms with Crippen molar-refractivity contribution in [2.75, 3.05) is 18.4 Å². The Bertz CT molecular complexity index is 714. The predicted octanol–water partition coefficient (Wildman–Crippen LogP) is 2.53. The van der Waals surface area contributed by atoms with Crippen molar-refractivity contribution in [2.45, 2.75) is 45.7 Å². The van der Waals surface area contributed by atoms with E-state index in [4.69, 9.17) is 0 Å². The highest BCUT2D eigenvalue weighted by Gasteiger charge is 2.42. The lowest BCUT2D eigenvalue weighted by atomic mass is 9.90. The van der Waals surface area contributed by atoms with Crippen LogP contribution in [0.2, 0.25) is 0 Å². The van der Waals surface area contributed by atoms with Crippen molar-refractivity contribution in [1.29, 1.82) is 0 Å². The summed E-state index contributed by atoms with van der Waals surface area (Å²) in [6.45, 7) is 4.48. The number of hydrogen-bond acceptors (Lipinski definition) is 3. The summed E-state index contributed by atoms with van der Waals surface area (Å²) in [5, 5.41) is 12.1. The molecule has 26 heavy (non-hydrogen) atoms. The number of likely N-dealkylation sites (tertiary alicyclic amines) is 1. The van der Waals surface area contributed by atoms with E-state index in [0.29, 0.717) is 31.2 Å². The van der Waals surface area contributed by atoms with Gasteiger partial charge < -0.3 is 20.2 Å². The Morgan fingerprint density at radius 3 is 2.42 bits per heavy atom. The average Bonchev–Trinajstić information content (AvgIpc) is 3.34. The van der Waals surface area contributed by atoms with Gasteiger partial charge in [-0.3, -0.25) is 9.59 Å². The number of carbonyl (C=O) groups is 3. The minimum absolute atomic E-state index is 0.0837. The number of carboxylic acid groups (broad SMARTS) is 1. The van der Waals surface area contributed by atoms with Crippen molar-refractivity contribution < 1.29 is 19.5 Å². The first-order valence-corrected chi connectivity index (χ1v) is 8.94. The zero-order valence-electron chi connectivity index (χ0n) is 15.2. The molecule has 2 fully saturated rings. The summed E-state index contributed by atoms with van der Waals surface area (Å²) in [6.07, 6.45) is 2.59. The maximum absolute atomic E-state index is 12.3. The first-order chi connectivity index (χ1) is 12.3. The Balaban J connectivity index is 1.56. The van der Waals surface area contributed by atoms with Crippen LogP contribution < -0.4 is 5.32 Å². The lowest BCUT2D eigenvalue weighted by Crippen LogP contribution is -2.37. The largest absolute Gasteiger partial charge is 0.481 e. The molecule has 2 aliphatic rings. The van der Waals surface area contributed by atoms with Crippen LogP contribution >= 0.6 is 0 Å². The second kappa shape index (κ2) is 6.97. The number of amides is 3. The molecule has 1 saturated carbocycles. The third kappa shape index (κ3) is 3.98. The lowest BCUT2D eigenvalue weighted by molar-refractivity contribution is -0.147. The molecule has 0 bridgehead atoms. The van der Waals surface area contributed by atoms with Crippen LogP contribution in [0.1, 0.15) is 38.7 Å². The molecule has 0 radical (unpaired) electrons. The quantitative estimate of drug-likeness (QED) is 0.845. The van der Waals surface area contributed by atoms with Gasteiger partial charge >= 0.3 is 12.0 Å². The van der Waals surface area contributed by atoms with E-state index in [1.807, 2.05) is 29.2 Å². The number of nitrogens with zero attached hydrogens (tertiary/aromatic N) is 2. The molecule has 2 N–H and O–H groups in total. The molecule has 1 heterocycles. The molecule has 1 aromatic carbocycles. The number of nitrogens with one attached hydrogen (secondary N) is 1. The lowest BCUT2D eigenvalue weighted by Gasteiger charge is -2.21. The SMILES string of the molecule is CC(=O)N(Cc1ccc(NC(=O)N2CCC(C)(C(=O)O)C2)cc1)C1CC1. The third-order valence-electron chi connectivity index (χ3n) is 5.23. The Labute approximate surface area is 153 Å². The van der Waals surface area contributed by atoms with E-state index in [0.717, 1.165) is 18.4 Å². The van der Waals surface area contributed by atoms with Gasteiger partial charge in [0.2, 0.25) is 5.91 Å². The maximum atomic E-state index is 12.3. The first-order valence-electron chi connectivity index (χ1n) is 8.94.